The summed E-state index contributed by atoms with van der Waals surface area (Å²) in [4.78, 5) is 0. The lowest BCUT2D eigenvalue weighted by Crippen LogP contribution is -2.49. The molecule has 0 N–H and O–H groups in total. The van der Waals surface area contributed by atoms with E-state index in [1.165, 1.54) is 141 Å². The molecule has 0 bridgehead atoms. The van der Waals surface area contributed by atoms with Crippen molar-refractivity contribution in [2.75, 3.05) is 66.1 Å². The van der Waals surface area contributed by atoms with E-state index in [1.54, 1.807) is 0 Å². The monoisotopic (exact) mass is 823 g/mol. The van der Waals surface area contributed by atoms with Gasteiger partial charge in [-0.05, 0) is 12.8 Å². The highest BCUT2D eigenvalue weighted by Crippen LogP contribution is 2.36. The third kappa shape index (κ3) is 21.2. The molecule has 0 aromatic heterocycles. The van der Waals surface area contributed by atoms with Gasteiger partial charge in [0.15, 0.2) is 12.6 Å². The summed E-state index contributed by atoms with van der Waals surface area (Å²) in [5.74, 6) is 0. The first kappa shape index (κ1) is 49.8. The van der Waals surface area contributed by atoms with Crippen molar-refractivity contribution in [3.05, 3.63) is 71.8 Å². The molecule has 0 atom stereocenters. The Bertz CT molecular complexity index is 1130. The van der Waals surface area contributed by atoms with Crippen molar-refractivity contribution >= 4 is 0 Å². The molecule has 0 radical (unpaired) electrons. The van der Waals surface area contributed by atoms with Gasteiger partial charge in [-0.25, -0.2) is 0 Å². The van der Waals surface area contributed by atoms with Crippen LogP contribution in [-0.4, -0.2) is 66.1 Å². The molecule has 2 aliphatic heterocycles. The minimum absolute atomic E-state index is 0.379. The first-order chi connectivity index (χ1) is 29.2. The molecule has 7 nitrogen and oxygen atoms in total. The smallest absolute Gasteiger partial charge is 0.183 e. The third-order valence-electron chi connectivity index (χ3n) is 12.2. The maximum Gasteiger partial charge on any atom is 0.183 e. The molecule has 0 unspecified atom stereocenters. The highest BCUT2D eigenvalue weighted by Gasteiger charge is 2.42. The van der Waals surface area contributed by atoms with Crippen LogP contribution in [0.25, 0.3) is 0 Å². The van der Waals surface area contributed by atoms with E-state index >= 15 is 0 Å². The number of benzene rings is 2. The molecule has 2 aromatic rings. The van der Waals surface area contributed by atoms with E-state index in [-0.39, 0.29) is 12.6 Å². The van der Waals surface area contributed by atoms with Crippen LogP contribution < -0.4 is 0 Å². The Hall–Kier alpha value is -1.84. The normalized spacial score (nSPS) is 22.2. The van der Waals surface area contributed by atoms with Crippen molar-refractivity contribution in [1.29, 1.82) is 0 Å². The van der Waals surface area contributed by atoms with Crippen LogP contribution in [0.1, 0.15) is 192 Å². The third-order valence-corrected chi connectivity index (χ3v) is 12.2. The fourth-order valence-electron chi connectivity index (χ4n) is 8.36. The molecular formula is C52H86O7. The Kier molecular flexibility index (Phi) is 27.0. The molecule has 4 rings (SSSR count). The van der Waals surface area contributed by atoms with Gasteiger partial charge in [0.05, 0.1) is 63.7 Å². The van der Waals surface area contributed by atoms with Crippen LogP contribution in [0.3, 0.4) is 0 Å². The lowest BCUT2D eigenvalue weighted by molar-refractivity contribution is -0.270. The molecule has 59 heavy (non-hydrogen) atoms. The molecule has 2 aromatic carbocycles. The molecule has 0 spiro atoms. The maximum atomic E-state index is 6.66. The predicted molar refractivity (Wildman–Crippen MR) is 242 cm³/mol. The summed E-state index contributed by atoms with van der Waals surface area (Å²) >= 11 is 0. The average molecular weight is 823 g/mol. The highest BCUT2D eigenvalue weighted by molar-refractivity contribution is 5.17. The van der Waals surface area contributed by atoms with E-state index < -0.39 is 10.8 Å². The molecule has 7 heteroatoms. The van der Waals surface area contributed by atoms with Crippen molar-refractivity contribution in [2.24, 2.45) is 10.8 Å². The zero-order valence-corrected chi connectivity index (χ0v) is 37.8. The second-order valence-electron chi connectivity index (χ2n) is 18.1. The van der Waals surface area contributed by atoms with Gasteiger partial charge in [-0.3, -0.25) is 0 Å². The first-order valence-corrected chi connectivity index (χ1v) is 24.5. The number of ether oxygens (including phenoxy) is 7. The second-order valence-corrected chi connectivity index (χ2v) is 18.1. The van der Waals surface area contributed by atoms with Gasteiger partial charge in [0.2, 0.25) is 0 Å². The summed E-state index contributed by atoms with van der Waals surface area (Å²) in [7, 11) is 0. The zero-order valence-electron chi connectivity index (χ0n) is 37.8. The summed E-state index contributed by atoms with van der Waals surface area (Å²) in [6.07, 6.45) is 31.2. The van der Waals surface area contributed by atoms with Gasteiger partial charge in [0, 0.05) is 24.3 Å². The predicted octanol–water partition coefficient (Wildman–Crippen LogP) is 13.9. The molecule has 2 fully saturated rings. The maximum absolute atomic E-state index is 6.66. The van der Waals surface area contributed by atoms with Crippen LogP contribution in [0.4, 0.5) is 0 Å². The van der Waals surface area contributed by atoms with Gasteiger partial charge < -0.3 is 33.2 Å². The molecule has 0 aliphatic carbocycles. The number of hydrogen-bond acceptors (Lipinski definition) is 7. The lowest BCUT2D eigenvalue weighted by Gasteiger charge is -2.42. The van der Waals surface area contributed by atoms with E-state index in [4.69, 9.17) is 33.2 Å². The van der Waals surface area contributed by atoms with Crippen LogP contribution >= 0.6 is 0 Å². The van der Waals surface area contributed by atoms with Gasteiger partial charge in [-0.1, -0.05) is 216 Å². The first-order valence-electron chi connectivity index (χ1n) is 24.5. The van der Waals surface area contributed by atoms with Crippen molar-refractivity contribution in [3.8, 4) is 0 Å². The molecule has 2 heterocycles. The van der Waals surface area contributed by atoms with E-state index in [0.717, 1.165) is 37.2 Å². The fourth-order valence-corrected chi connectivity index (χ4v) is 8.36. The van der Waals surface area contributed by atoms with Crippen molar-refractivity contribution in [3.63, 3.8) is 0 Å². The van der Waals surface area contributed by atoms with Crippen molar-refractivity contribution in [2.45, 2.75) is 181 Å². The SMILES string of the molecule is CCCCCCCCCCCCCCOCC1(COCC2(COCCCCCCCCCCCCCC)COC(c3ccccc3)OC2)COC(c2ccccc2)OC1. The van der Waals surface area contributed by atoms with E-state index in [9.17, 15) is 0 Å². The summed E-state index contributed by atoms with van der Waals surface area (Å²) in [5.41, 5.74) is 1.27. The highest BCUT2D eigenvalue weighted by atomic mass is 16.7. The van der Waals surface area contributed by atoms with Crippen LogP contribution in [0.2, 0.25) is 0 Å². The second kappa shape index (κ2) is 31.9. The van der Waals surface area contributed by atoms with Crippen molar-refractivity contribution in [1.82, 2.24) is 0 Å². The molecule has 336 valence electrons. The molecular weight excluding hydrogens is 737 g/mol. The van der Waals surface area contributed by atoms with Gasteiger partial charge in [-0.15, -0.1) is 0 Å². The Morgan fingerprint density at radius 2 is 0.644 bits per heavy atom. The Labute approximate surface area is 361 Å². The summed E-state index contributed by atoms with van der Waals surface area (Å²) in [5, 5.41) is 0. The van der Waals surface area contributed by atoms with Gasteiger partial charge in [0.1, 0.15) is 0 Å². The average Bonchev–Trinajstić information content (AvgIpc) is 3.28. The molecule has 2 saturated heterocycles. The minimum atomic E-state index is -0.400. The largest absolute Gasteiger partial charge is 0.381 e. The van der Waals surface area contributed by atoms with Crippen LogP contribution in [0.5, 0.6) is 0 Å². The van der Waals surface area contributed by atoms with E-state index in [0.29, 0.717) is 52.9 Å². The van der Waals surface area contributed by atoms with Gasteiger partial charge >= 0.3 is 0 Å². The number of hydrogen-bond donors (Lipinski definition) is 0. The van der Waals surface area contributed by atoms with Crippen molar-refractivity contribution < 1.29 is 33.2 Å². The van der Waals surface area contributed by atoms with Crippen LogP contribution in [0.15, 0.2) is 60.7 Å². The lowest BCUT2D eigenvalue weighted by atomic mass is 9.89. The summed E-state index contributed by atoms with van der Waals surface area (Å²) in [6, 6.07) is 20.4. The fraction of sp³-hybridized carbons (Fsp3) is 0.769. The van der Waals surface area contributed by atoms with E-state index in [2.05, 4.69) is 38.1 Å². The zero-order chi connectivity index (χ0) is 41.4. The van der Waals surface area contributed by atoms with E-state index in [1.807, 2.05) is 36.4 Å². The summed E-state index contributed by atoms with van der Waals surface area (Å²) < 4.78 is 44.9. The van der Waals surface area contributed by atoms with Gasteiger partial charge in [0.25, 0.3) is 0 Å². The minimum Gasteiger partial charge on any atom is -0.381 e. The number of rotatable bonds is 36. The molecule has 0 saturated carbocycles. The molecule has 0 amide bonds. The van der Waals surface area contributed by atoms with Gasteiger partial charge in [-0.2, -0.15) is 0 Å². The number of unbranched alkanes of at least 4 members (excludes halogenated alkanes) is 22. The molecule has 2 aliphatic rings. The van der Waals surface area contributed by atoms with Crippen LogP contribution in [0, 0.1) is 10.8 Å². The summed E-state index contributed by atoms with van der Waals surface area (Å²) in [6.45, 7) is 10.1. The topological polar surface area (TPSA) is 64.6 Å². The van der Waals surface area contributed by atoms with Crippen LogP contribution in [-0.2, 0) is 33.2 Å². The quantitative estimate of drug-likeness (QED) is 0.0634. The Balaban J connectivity index is 1.20. The Morgan fingerprint density at radius 3 is 0.949 bits per heavy atom. The standard InChI is InChI=1S/C52H86O7/c1-3-5-7-9-11-13-15-17-19-21-23-31-37-53-39-51(43-56-49(57-44-51)47-33-27-25-28-34-47)41-55-42-52(45-58-50(59-46-52)48-35-29-26-30-36-48)40-54-38-32-24-22-20-18-16-14-12-10-8-6-4-2/h25-30,33-36,49-50H,3-24,31-32,37-46H2,1-2H3. The Morgan fingerprint density at radius 1 is 0.373 bits per heavy atom.